The number of allylic oxidation sites excluding steroid dienone is 1. The van der Waals surface area contributed by atoms with Crippen molar-refractivity contribution >= 4 is 5.57 Å². The van der Waals surface area contributed by atoms with Gasteiger partial charge in [0, 0.05) is 19.1 Å². The van der Waals surface area contributed by atoms with Crippen molar-refractivity contribution in [3.8, 4) is 0 Å². The van der Waals surface area contributed by atoms with Crippen LogP contribution in [0.4, 0.5) is 0 Å². The first-order chi connectivity index (χ1) is 11.8. The Kier molecular flexibility index (Phi) is 6.16. The van der Waals surface area contributed by atoms with Gasteiger partial charge >= 0.3 is 0 Å². The van der Waals surface area contributed by atoms with E-state index in [0.29, 0.717) is 17.8 Å². The van der Waals surface area contributed by atoms with Crippen molar-refractivity contribution in [3.05, 3.63) is 52.8 Å². The Bertz CT molecular complexity index is 650. The van der Waals surface area contributed by atoms with Gasteiger partial charge in [0.15, 0.2) is 0 Å². The maximum absolute atomic E-state index is 6.31. The second-order valence-corrected chi connectivity index (χ2v) is 7.95. The van der Waals surface area contributed by atoms with Gasteiger partial charge in [-0.1, -0.05) is 71.9 Å². The van der Waals surface area contributed by atoms with Gasteiger partial charge in [-0.3, -0.25) is 0 Å². The Balaban J connectivity index is 2.92. The summed E-state index contributed by atoms with van der Waals surface area (Å²) in [5, 5.41) is 0. The standard InChI is InChI=1S/C23H34O2/c1-15(2)19-14-23(25-8,17(5)6)21(18-12-10-9-11-13-18)20(16(3)4)22(19)24-7/h9-13,15-17H,14H2,1-8H3. The first-order valence-electron chi connectivity index (χ1n) is 9.42. The Morgan fingerprint density at radius 1 is 0.880 bits per heavy atom. The van der Waals surface area contributed by atoms with Crippen LogP contribution in [0.5, 0.6) is 0 Å². The molecule has 1 aliphatic carbocycles. The summed E-state index contributed by atoms with van der Waals surface area (Å²) in [5.41, 5.74) is 4.85. The van der Waals surface area contributed by atoms with Gasteiger partial charge in [-0.05, 0) is 34.5 Å². The van der Waals surface area contributed by atoms with Gasteiger partial charge < -0.3 is 9.47 Å². The highest BCUT2D eigenvalue weighted by Crippen LogP contribution is 2.51. The van der Waals surface area contributed by atoms with E-state index in [1.807, 2.05) is 7.11 Å². The zero-order valence-corrected chi connectivity index (χ0v) is 17.1. The minimum atomic E-state index is -0.331. The molecule has 0 saturated carbocycles. The van der Waals surface area contributed by atoms with Gasteiger partial charge in [0.05, 0.1) is 12.7 Å². The molecule has 0 amide bonds. The van der Waals surface area contributed by atoms with Gasteiger partial charge in [0.2, 0.25) is 0 Å². The monoisotopic (exact) mass is 342 g/mol. The van der Waals surface area contributed by atoms with Crippen LogP contribution in [-0.4, -0.2) is 19.8 Å². The summed E-state index contributed by atoms with van der Waals surface area (Å²) in [6.45, 7) is 13.5. The van der Waals surface area contributed by atoms with Crippen LogP contribution in [0.3, 0.4) is 0 Å². The molecular weight excluding hydrogens is 308 g/mol. The number of ether oxygens (including phenoxy) is 2. The summed E-state index contributed by atoms with van der Waals surface area (Å²) in [7, 11) is 3.66. The molecule has 0 fully saturated rings. The van der Waals surface area contributed by atoms with E-state index in [2.05, 4.69) is 71.9 Å². The number of rotatable bonds is 6. The van der Waals surface area contributed by atoms with Crippen LogP contribution in [0.2, 0.25) is 0 Å². The van der Waals surface area contributed by atoms with E-state index in [4.69, 9.17) is 9.47 Å². The van der Waals surface area contributed by atoms with Crippen molar-refractivity contribution in [1.82, 2.24) is 0 Å². The molecule has 25 heavy (non-hydrogen) atoms. The van der Waals surface area contributed by atoms with E-state index in [9.17, 15) is 0 Å². The summed E-state index contributed by atoms with van der Waals surface area (Å²) < 4.78 is 12.3. The maximum Gasteiger partial charge on any atom is 0.122 e. The summed E-state index contributed by atoms with van der Waals surface area (Å²) in [6.07, 6.45) is 0.877. The summed E-state index contributed by atoms with van der Waals surface area (Å²) >= 11 is 0. The molecule has 0 heterocycles. The van der Waals surface area contributed by atoms with Gasteiger partial charge in [-0.15, -0.1) is 0 Å². The maximum atomic E-state index is 6.31. The highest BCUT2D eigenvalue weighted by atomic mass is 16.5. The quantitative estimate of drug-likeness (QED) is 0.622. The number of benzene rings is 1. The Morgan fingerprint density at radius 3 is 1.88 bits per heavy atom. The molecule has 0 aliphatic heterocycles. The first kappa shape index (κ1) is 19.8. The molecular formula is C23H34O2. The summed E-state index contributed by atoms with van der Waals surface area (Å²) in [5.74, 6) is 2.20. The van der Waals surface area contributed by atoms with Crippen LogP contribution in [-0.2, 0) is 9.47 Å². The molecule has 0 saturated heterocycles. The van der Waals surface area contributed by atoms with Crippen LogP contribution in [0.1, 0.15) is 53.5 Å². The average Bonchev–Trinajstić information content (AvgIpc) is 2.59. The molecule has 1 aromatic rings. The van der Waals surface area contributed by atoms with Crippen molar-refractivity contribution in [2.24, 2.45) is 17.8 Å². The Morgan fingerprint density at radius 2 is 1.48 bits per heavy atom. The van der Waals surface area contributed by atoms with E-state index in [1.165, 1.54) is 22.3 Å². The lowest BCUT2D eigenvalue weighted by Crippen LogP contribution is -2.43. The van der Waals surface area contributed by atoms with Gasteiger partial charge in [0.1, 0.15) is 5.76 Å². The van der Waals surface area contributed by atoms with Gasteiger partial charge in [0.25, 0.3) is 0 Å². The molecule has 1 aliphatic rings. The Labute approximate surface area is 153 Å². The summed E-state index contributed by atoms with van der Waals surface area (Å²) in [4.78, 5) is 0. The van der Waals surface area contributed by atoms with E-state index in [0.717, 1.165) is 12.2 Å². The molecule has 2 rings (SSSR count). The highest BCUT2D eigenvalue weighted by Gasteiger charge is 2.46. The molecule has 1 aromatic carbocycles. The predicted octanol–water partition coefficient (Wildman–Crippen LogP) is 6.10. The zero-order valence-electron chi connectivity index (χ0n) is 17.1. The fourth-order valence-electron chi connectivity index (χ4n) is 4.13. The van der Waals surface area contributed by atoms with Crippen molar-refractivity contribution in [3.63, 3.8) is 0 Å². The van der Waals surface area contributed by atoms with E-state index in [-0.39, 0.29) is 5.60 Å². The fourth-order valence-corrected chi connectivity index (χ4v) is 4.13. The SMILES string of the molecule is COC1=C(C(C)C)CC(OC)(C(C)C)C(c2ccccc2)=C1C(C)C. The van der Waals surface area contributed by atoms with E-state index in [1.54, 1.807) is 7.11 Å². The fraction of sp³-hybridized carbons (Fsp3) is 0.565. The van der Waals surface area contributed by atoms with Crippen LogP contribution in [0.25, 0.3) is 5.57 Å². The molecule has 2 nitrogen and oxygen atoms in total. The van der Waals surface area contributed by atoms with Crippen LogP contribution in [0.15, 0.2) is 47.2 Å². The molecule has 1 unspecified atom stereocenters. The predicted molar refractivity (Wildman–Crippen MR) is 106 cm³/mol. The molecule has 2 heteroatoms. The van der Waals surface area contributed by atoms with Crippen molar-refractivity contribution in [1.29, 1.82) is 0 Å². The second kappa shape index (κ2) is 7.78. The minimum Gasteiger partial charge on any atom is -0.496 e. The minimum absolute atomic E-state index is 0.331. The first-order valence-corrected chi connectivity index (χ1v) is 9.42. The number of hydrogen-bond donors (Lipinski definition) is 0. The van der Waals surface area contributed by atoms with Gasteiger partial charge in [-0.2, -0.15) is 0 Å². The third-order valence-electron chi connectivity index (χ3n) is 5.52. The lowest BCUT2D eigenvalue weighted by molar-refractivity contribution is -0.00204. The van der Waals surface area contributed by atoms with E-state index < -0.39 is 0 Å². The third kappa shape index (κ3) is 3.42. The molecule has 0 radical (unpaired) electrons. The van der Waals surface area contributed by atoms with Crippen LogP contribution in [0, 0.1) is 17.8 Å². The molecule has 0 bridgehead atoms. The third-order valence-corrected chi connectivity index (χ3v) is 5.52. The topological polar surface area (TPSA) is 18.5 Å². The number of hydrogen-bond acceptors (Lipinski definition) is 2. The molecule has 1 atom stereocenters. The van der Waals surface area contributed by atoms with E-state index >= 15 is 0 Å². The molecule has 138 valence electrons. The van der Waals surface area contributed by atoms with Gasteiger partial charge in [-0.25, -0.2) is 0 Å². The smallest absolute Gasteiger partial charge is 0.122 e. The Hall–Kier alpha value is -1.54. The van der Waals surface area contributed by atoms with Crippen molar-refractivity contribution < 1.29 is 9.47 Å². The number of methoxy groups -OCH3 is 2. The van der Waals surface area contributed by atoms with Crippen molar-refractivity contribution in [2.75, 3.05) is 14.2 Å². The normalized spacial score (nSPS) is 21.7. The van der Waals surface area contributed by atoms with Crippen LogP contribution < -0.4 is 0 Å². The second-order valence-electron chi connectivity index (χ2n) is 7.95. The summed E-state index contributed by atoms with van der Waals surface area (Å²) in [6, 6.07) is 10.7. The highest BCUT2D eigenvalue weighted by molar-refractivity contribution is 5.80. The zero-order chi connectivity index (χ0) is 18.8. The largest absolute Gasteiger partial charge is 0.496 e. The van der Waals surface area contributed by atoms with Crippen molar-refractivity contribution in [2.45, 2.75) is 53.6 Å². The molecule has 0 N–H and O–H groups in total. The molecule has 0 spiro atoms. The lowest BCUT2D eigenvalue weighted by Gasteiger charge is -2.46. The van der Waals surface area contributed by atoms with Crippen LogP contribution >= 0.6 is 0 Å². The average molecular weight is 343 g/mol. The lowest BCUT2D eigenvalue weighted by atomic mass is 9.66. The molecule has 0 aromatic heterocycles.